The molecule has 1 N–H and O–H groups in total. The average Bonchev–Trinajstić information content (AvgIpc) is 2.82. The number of aromatic nitrogens is 4. The molecule has 0 radical (unpaired) electrons. The van der Waals surface area contributed by atoms with Gasteiger partial charge < -0.3 is 9.88 Å². The van der Waals surface area contributed by atoms with Crippen LogP contribution < -0.4 is 5.32 Å². The Kier molecular flexibility index (Phi) is 4.69. The summed E-state index contributed by atoms with van der Waals surface area (Å²) in [5, 5.41) is 11.4. The molecule has 23 heavy (non-hydrogen) atoms. The van der Waals surface area contributed by atoms with Gasteiger partial charge in [-0.2, -0.15) is 0 Å². The number of nitrogens with zero attached hydrogens (tertiary/aromatic N) is 4. The van der Waals surface area contributed by atoms with E-state index in [-0.39, 0.29) is 11.9 Å². The lowest BCUT2D eigenvalue weighted by Gasteiger charge is -2.16. The number of carbonyl (C=O) groups excluding carboxylic acids is 1. The van der Waals surface area contributed by atoms with Gasteiger partial charge in [0.15, 0.2) is 0 Å². The van der Waals surface area contributed by atoms with Gasteiger partial charge in [0.05, 0.1) is 11.7 Å². The predicted molar refractivity (Wildman–Crippen MR) is 87.0 cm³/mol. The quantitative estimate of drug-likeness (QED) is 0.941. The third-order valence-corrected chi connectivity index (χ3v) is 4.32. The van der Waals surface area contributed by atoms with Crippen LogP contribution >= 0.6 is 0 Å². The molecule has 2 aromatic heterocycles. The summed E-state index contributed by atoms with van der Waals surface area (Å²) in [4.78, 5) is 17.1. The van der Waals surface area contributed by atoms with E-state index in [0.29, 0.717) is 5.82 Å². The normalized spacial score (nSPS) is 15.6. The first-order valence-corrected chi connectivity index (χ1v) is 8.34. The molecule has 0 fully saturated rings. The van der Waals surface area contributed by atoms with Crippen LogP contribution in [0.4, 0.5) is 0 Å². The smallest absolute Gasteiger partial charge is 0.289 e. The van der Waals surface area contributed by atoms with Gasteiger partial charge in [0, 0.05) is 19.2 Å². The highest BCUT2D eigenvalue weighted by Gasteiger charge is 2.22. The van der Waals surface area contributed by atoms with E-state index in [1.165, 1.54) is 6.42 Å². The lowest BCUT2D eigenvalue weighted by Crippen LogP contribution is -2.31. The lowest BCUT2D eigenvalue weighted by molar-refractivity contribution is 0.0919. The maximum Gasteiger partial charge on any atom is 0.289 e. The standard InChI is InChI=1S/C17H23N5O/c1-3-13(14-9-8-12(2)11-18-14)19-17(23)16-21-20-15-7-5-4-6-10-22(15)16/h8-9,11,13H,3-7,10H2,1-2H3,(H,19,23)/t13-/m0/s1. The van der Waals surface area contributed by atoms with E-state index >= 15 is 0 Å². The molecule has 0 unspecified atom stereocenters. The van der Waals surface area contributed by atoms with E-state index in [0.717, 1.165) is 49.3 Å². The van der Waals surface area contributed by atoms with Gasteiger partial charge >= 0.3 is 0 Å². The Labute approximate surface area is 136 Å². The molecule has 0 aromatic carbocycles. The fourth-order valence-corrected chi connectivity index (χ4v) is 2.95. The van der Waals surface area contributed by atoms with Crippen molar-refractivity contribution in [2.24, 2.45) is 0 Å². The number of aryl methyl sites for hydroxylation is 2. The Hall–Kier alpha value is -2.24. The van der Waals surface area contributed by atoms with Crippen molar-refractivity contribution in [1.29, 1.82) is 0 Å². The van der Waals surface area contributed by atoms with Crippen molar-refractivity contribution in [3.05, 3.63) is 41.2 Å². The largest absolute Gasteiger partial charge is 0.341 e. The minimum atomic E-state index is -0.167. The van der Waals surface area contributed by atoms with Crippen molar-refractivity contribution >= 4 is 5.91 Å². The molecular weight excluding hydrogens is 290 g/mol. The molecule has 1 aliphatic rings. The Morgan fingerprint density at radius 3 is 2.91 bits per heavy atom. The van der Waals surface area contributed by atoms with E-state index in [1.54, 1.807) is 0 Å². The molecule has 3 heterocycles. The second-order valence-corrected chi connectivity index (χ2v) is 6.10. The van der Waals surface area contributed by atoms with Gasteiger partial charge in [-0.15, -0.1) is 10.2 Å². The third kappa shape index (κ3) is 3.41. The van der Waals surface area contributed by atoms with Crippen LogP contribution in [0.15, 0.2) is 18.3 Å². The zero-order valence-electron chi connectivity index (χ0n) is 13.7. The van der Waals surface area contributed by atoms with Gasteiger partial charge in [-0.3, -0.25) is 9.78 Å². The van der Waals surface area contributed by atoms with E-state index in [9.17, 15) is 4.79 Å². The van der Waals surface area contributed by atoms with Gasteiger partial charge in [-0.25, -0.2) is 0 Å². The van der Waals surface area contributed by atoms with Gasteiger partial charge in [0.25, 0.3) is 5.91 Å². The van der Waals surface area contributed by atoms with Crippen molar-refractivity contribution in [3.8, 4) is 0 Å². The predicted octanol–water partition coefficient (Wildman–Crippen LogP) is 2.59. The second kappa shape index (κ2) is 6.89. The molecule has 0 saturated carbocycles. The van der Waals surface area contributed by atoms with Crippen LogP contribution in [0.5, 0.6) is 0 Å². The third-order valence-electron chi connectivity index (χ3n) is 4.32. The molecule has 3 rings (SSSR count). The highest BCUT2D eigenvalue weighted by molar-refractivity contribution is 5.91. The Balaban J connectivity index is 1.78. The summed E-state index contributed by atoms with van der Waals surface area (Å²) >= 11 is 0. The van der Waals surface area contributed by atoms with Crippen LogP contribution in [0.25, 0.3) is 0 Å². The topological polar surface area (TPSA) is 72.7 Å². The minimum absolute atomic E-state index is 0.109. The number of carbonyl (C=O) groups is 1. The molecule has 1 aliphatic heterocycles. The van der Waals surface area contributed by atoms with E-state index in [1.807, 2.05) is 36.7 Å². The summed E-state index contributed by atoms with van der Waals surface area (Å²) in [5.41, 5.74) is 1.99. The fraction of sp³-hybridized carbons (Fsp3) is 0.529. The molecule has 0 spiro atoms. The summed E-state index contributed by atoms with van der Waals surface area (Å²) < 4.78 is 1.97. The number of nitrogens with one attached hydrogen (secondary N) is 1. The summed E-state index contributed by atoms with van der Waals surface area (Å²) in [6, 6.07) is 3.87. The number of pyridine rings is 1. The van der Waals surface area contributed by atoms with Crippen LogP contribution in [0, 0.1) is 6.92 Å². The molecule has 0 bridgehead atoms. The van der Waals surface area contributed by atoms with Gasteiger partial charge in [-0.1, -0.05) is 19.4 Å². The lowest BCUT2D eigenvalue weighted by atomic mass is 10.1. The highest BCUT2D eigenvalue weighted by atomic mass is 16.2. The molecule has 0 saturated heterocycles. The Morgan fingerprint density at radius 2 is 2.17 bits per heavy atom. The monoisotopic (exact) mass is 313 g/mol. The zero-order valence-corrected chi connectivity index (χ0v) is 13.7. The zero-order chi connectivity index (χ0) is 16.2. The van der Waals surface area contributed by atoms with Crippen LogP contribution in [0.1, 0.15) is 66.3 Å². The first-order valence-electron chi connectivity index (χ1n) is 8.34. The number of rotatable bonds is 4. The van der Waals surface area contributed by atoms with Crippen LogP contribution in [-0.2, 0) is 13.0 Å². The van der Waals surface area contributed by atoms with Crippen molar-refractivity contribution in [2.75, 3.05) is 0 Å². The van der Waals surface area contributed by atoms with Gasteiger partial charge in [-0.05, 0) is 37.8 Å². The van der Waals surface area contributed by atoms with Crippen LogP contribution in [0.2, 0.25) is 0 Å². The number of hydrogen-bond acceptors (Lipinski definition) is 4. The minimum Gasteiger partial charge on any atom is -0.341 e. The van der Waals surface area contributed by atoms with Crippen LogP contribution in [0.3, 0.4) is 0 Å². The summed E-state index contributed by atoms with van der Waals surface area (Å²) in [5.74, 6) is 1.18. The van der Waals surface area contributed by atoms with Crippen molar-refractivity contribution in [1.82, 2.24) is 25.1 Å². The first-order chi connectivity index (χ1) is 11.2. The van der Waals surface area contributed by atoms with E-state index in [2.05, 4.69) is 20.5 Å². The molecule has 2 aromatic rings. The molecule has 1 atom stereocenters. The van der Waals surface area contributed by atoms with E-state index < -0.39 is 0 Å². The maximum absolute atomic E-state index is 12.6. The van der Waals surface area contributed by atoms with Crippen molar-refractivity contribution in [3.63, 3.8) is 0 Å². The van der Waals surface area contributed by atoms with Gasteiger partial charge in [0.2, 0.25) is 5.82 Å². The number of amides is 1. The Morgan fingerprint density at radius 1 is 1.30 bits per heavy atom. The van der Waals surface area contributed by atoms with E-state index in [4.69, 9.17) is 0 Å². The number of fused-ring (bicyclic) bond motifs is 1. The molecule has 122 valence electrons. The summed E-state index contributed by atoms with van der Waals surface area (Å²) in [6.07, 6.45) is 6.87. The SMILES string of the molecule is CC[C@H](NC(=O)c1nnc2n1CCCCC2)c1ccc(C)cn1. The number of hydrogen-bond donors (Lipinski definition) is 1. The highest BCUT2D eigenvalue weighted by Crippen LogP contribution is 2.17. The molecular formula is C17H23N5O. The maximum atomic E-state index is 12.6. The average molecular weight is 313 g/mol. The molecule has 6 nitrogen and oxygen atoms in total. The summed E-state index contributed by atoms with van der Waals surface area (Å²) in [7, 11) is 0. The first kappa shape index (κ1) is 15.6. The fourth-order valence-electron chi connectivity index (χ4n) is 2.95. The van der Waals surface area contributed by atoms with Gasteiger partial charge in [0.1, 0.15) is 5.82 Å². The molecule has 0 aliphatic carbocycles. The molecule has 1 amide bonds. The Bertz CT molecular complexity index is 677. The van der Waals surface area contributed by atoms with Crippen molar-refractivity contribution < 1.29 is 4.79 Å². The van der Waals surface area contributed by atoms with Crippen LogP contribution in [-0.4, -0.2) is 25.7 Å². The molecule has 6 heteroatoms. The van der Waals surface area contributed by atoms with Crippen molar-refractivity contribution in [2.45, 2.75) is 58.5 Å². The second-order valence-electron chi connectivity index (χ2n) is 6.10. The summed E-state index contributed by atoms with van der Waals surface area (Å²) in [6.45, 7) is 4.86.